The molecule has 1 aromatic carbocycles. The van der Waals surface area contributed by atoms with Crippen molar-refractivity contribution in [3.63, 3.8) is 0 Å². The molecule has 0 amide bonds. The predicted molar refractivity (Wildman–Crippen MR) is 76.2 cm³/mol. The summed E-state index contributed by atoms with van der Waals surface area (Å²) in [4.78, 5) is 9.20. The van der Waals surface area contributed by atoms with Crippen molar-refractivity contribution in [2.45, 2.75) is 12.1 Å². The van der Waals surface area contributed by atoms with Crippen molar-refractivity contribution in [1.82, 2.24) is 14.5 Å². The SMILES string of the molecule is c1ccc2c(c1)OCC21COCc2nc3cccnc3n21. The van der Waals surface area contributed by atoms with Crippen molar-refractivity contribution in [3.05, 3.63) is 54.0 Å². The van der Waals surface area contributed by atoms with E-state index in [9.17, 15) is 0 Å². The smallest absolute Gasteiger partial charge is 0.161 e. The Bertz CT molecular complexity index is 858. The molecule has 2 aliphatic heterocycles. The van der Waals surface area contributed by atoms with Crippen LogP contribution in [0.5, 0.6) is 5.75 Å². The fraction of sp³-hybridized carbons (Fsp3) is 0.250. The molecule has 2 aliphatic rings. The summed E-state index contributed by atoms with van der Waals surface area (Å²) in [5.74, 6) is 1.84. The molecule has 3 aromatic rings. The minimum atomic E-state index is -0.354. The van der Waals surface area contributed by atoms with Gasteiger partial charge in [0.25, 0.3) is 0 Å². The van der Waals surface area contributed by atoms with Crippen LogP contribution >= 0.6 is 0 Å². The summed E-state index contributed by atoms with van der Waals surface area (Å²) < 4.78 is 13.9. The maximum absolute atomic E-state index is 5.91. The lowest BCUT2D eigenvalue weighted by atomic mass is 9.91. The molecule has 5 rings (SSSR count). The minimum absolute atomic E-state index is 0.354. The van der Waals surface area contributed by atoms with Gasteiger partial charge in [-0.05, 0) is 18.2 Å². The van der Waals surface area contributed by atoms with E-state index in [1.807, 2.05) is 36.5 Å². The first-order valence-corrected chi connectivity index (χ1v) is 7.01. The molecule has 0 radical (unpaired) electrons. The Morgan fingerprint density at radius 3 is 3.05 bits per heavy atom. The highest BCUT2D eigenvalue weighted by molar-refractivity contribution is 5.72. The van der Waals surface area contributed by atoms with E-state index >= 15 is 0 Å². The number of pyridine rings is 1. The van der Waals surface area contributed by atoms with Crippen molar-refractivity contribution in [2.75, 3.05) is 13.2 Å². The number of imidazole rings is 1. The van der Waals surface area contributed by atoms with Crippen LogP contribution in [0.15, 0.2) is 42.6 Å². The minimum Gasteiger partial charge on any atom is -0.490 e. The van der Waals surface area contributed by atoms with E-state index in [-0.39, 0.29) is 5.54 Å². The predicted octanol–water partition coefficient (Wildman–Crippen LogP) is 2.10. The van der Waals surface area contributed by atoms with Gasteiger partial charge in [-0.15, -0.1) is 0 Å². The highest BCUT2D eigenvalue weighted by atomic mass is 16.5. The molecule has 1 spiro atoms. The van der Waals surface area contributed by atoms with Gasteiger partial charge < -0.3 is 9.47 Å². The lowest BCUT2D eigenvalue weighted by molar-refractivity contribution is 0.0134. The molecule has 0 N–H and O–H groups in total. The largest absolute Gasteiger partial charge is 0.490 e. The summed E-state index contributed by atoms with van der Waals surface area (Å²) in [5, 5.41) is 0. The number of nitrogens with zero attached hydrogens (tertiary/aromatic N) is 3. The Morgan fingerprint density at radius 2 is 2.05 bits per heavy atom. The maximum Gasteiger partial charge on any atom is 0.161 e. The summed E-state index contributed by atoms with van der Waals surface area (Å²) in [6.45, 7) is 1.65. The van der Waals surface area contributed by atoms with Gasteiger partial charge in [-0.2, -0.15) is 0 Å². The Labute approximate surface area is 121 Å². The fourth-order valence-corrected chi connectivity index (χ4v) is 3.44. The second kappa shape index (κ2) is 3.83. The van der Waals surface area contributed by atoms with E-state index in [2.05, 4.69) is 20.6 Å². The number of hydrogen-bond donors (Lipinski definition) is 0. The topological polar surface area (TPSA) is 49.2 Å². The molecular formula is C16H13N3O2. The molecule has 1 atom stereocenters. The maximum atomic E-state index is 5.91. The standard InChI is InChI=1S/C16H13N3O2/c1-2-6-13-11(4-1)16(10-21-13)9-20-8-14-18-12-5-3-7-17-15(12)19(14)16/h1-7H,8-10H2. The average Bonchev–Trinajstić information content (AvgIpc) is 3.08. The van der Waals surface area contributed by atoms with E-state index in [1.54, 1.807) is 0 Å². The zero-order valence-electron chi connectivity index (χ0n) is 11.3. The summed E-state index contributed by atoms with van der Waals surface area (Å²) in [6, 6.07) is 12.0. The van der Waals surface area contributed by atoms with Crippen LogP contribution in [0.25, 0.3) is 11.2 Å². The summed E-state index contributed by atoms with van der Waals surface area (Å²) in [7, 11) is 0. The van der Waals surface area contributed by atoms with Gasteiger partial charge in [0.1, 0.15) is 35.8 Å². The second-order valence-corrected chi connectivity index (χ2v) is 5.52. The van der Waals surface area contributed by atoms with E-state index in [1.165, 1.54) is 0 Å². The van der Waals surface area contributed by atoms with E-state index < -0.39 is 0 Å². The zero-order chi connectivity index (χ0) is 13.9. The first-order chi connectivity index (χ1) is 10.4. The lowest BCUT2D eigenvalue weighted by Crippen LogP contribution is -2.45. The van der Waals surface area contributed by atoms with E-state index in [0.29, 0.717) is 19.8 Å². The molecule has 2 aromatic heterocycles. The summed E-state index contributed by atoms with van der Waals surface area (Å²) in [5.41, 5.74) is 2.60. The third-order valence-corrected chi connectivity index (χ3v) is 4.34. The Kier molecular flexibility index (Phi) is 2.06. The number of benzene rings is 1. The Morgan fingerprint density at radius 1 is 1.10 bits per heavy atom. The number of fused-ring (bicyclic) bond motifs is 6. The normalized spacial score (nSPS) is 23.0. The molecule has 1 unspecified atom stereocenters. The van der Waals surface area contributed by atoms with Crippen LogP contribution in [0.1, 0.15) is 11.4 Å². The van der Waals surface area contributed by atoms with Gasteiger partial charge >= 0.3 is 0 Å². The number of hydrogen-bond acceptors (Lipinski definition) is 4. The quantitative estimate of drug-likeness (QED) is 0.632. The van der Waals surface area contributed by atoms with E-state index in [4.69, 9.17) is 9.47 Å². The van der Waals surface area contributed by atoms with Crippen LogP contribution in [0.4, 0.5) is 0 Å². The van der Waals surface area contributed by atoms with Gasteiger partial charge in [-0.3, -0.25) is 4.57 Å². The molecule has 4 heterocycles. The second-order valence-electron chi connectivity index (χ2n) is 5.52. The summed E-state index contributed by atoms with van der Waals surface area (Å²) >= 11 is 0. The average molecular weight is 279 g/mol. The zero-order valence-corrected chi connectivity index (χ0v) is 11.3. The summed E-state index contributed by atoms with van der Waals surface area (Å²) in [6.07, 6.45) is 1.81. The molecule has 21 heavy (non-hydrogen) atoms. The molecule has 0 saturated heterocycles. The van der Waals surface area contributed by atoms with Gasteiger partial charge in [-0.25, -0.2) is 9.97 Å². The monoisotopic (exact) mass is 279 g/mol. The van der Waals surface area contributed by atoms with Crippen molar-refractivity contribution in [1.29, 1.82) is 0 Å². The number of rotatable bonds is 0. The molecule has 5 heteroatoms. The van der Waals surface area contributed by atoms with Gasteiger partial charge in [0.15, 0.2) is 5.65 Å². The first kappa shape index (κ1) is 11.3. The highest BCUT2D eigenvalue weighted by Gasteiger charge is 2.47. The Balaban J connectivity index is 1.86. The lowest BCUT2D eigenvalue weighted by Gasteiger charge is -2.34. The highest BCUT2D eigenvalue weighted by Crippen LogP contribution is 2.43. The van der Waals surface area contributed by atoms with Gasteiger partial charge in [0, 0.05) is 11.8 Å². The van der Waals surface area contributed by atoms with Crippen molar-refractivity contribution < 1.29 is 9.47 Å². The van der Waals surface area contributed by atoms with Crippen LogP contribution < -0.4 is 4.74 Å². The molecule has 0 fully saturated rings. The molecule has 5 nitrogen and oxygen atoms in total. The number of aromatic nitrogens is 3. The fourth-order valence-electron chi connectivity index (χ4n) is 3.44. The van der Waals surface area contributed by atoms with Crippen LogP contribution in [-0.4, -0.2) is 27.7 Å². The third-order valence-electron chi connectivity index (χ3n) is 4.34. The molecular weight excluding hydrogens is 266 g/mol. The van der Waals surface area contributed by atoms with Crippen molar-refractivity contribution in [3.8, 4) is 5.75 Å². The Hall–Kier alpha value is -2.40. The number of para-hydroxylation sites is 1. The van der Waals surface area contributed by atoms with Crippen molar-refractivity contribution in [2.24, 2.45) is 0 Å². The van der Waals surface area contributed by atoms with Gasteiger partial charge in [0.05, 0.1) is 6.61 Å². The molecule has 0 bridgehead atoms. The molecule has 0 aliphatic carbocycles. The first-order valence-electron chi connectivity index (χ1n) is 7.01. The number of ether oxygens (including phenoxy) is 2. The van der Waals surface area contributed by atoms with Crippen LogP contribution in [-0.2, 0) is 16.9 Å². The molecule has 0 saturated carbocycles. The molecule has 104 valence electrons. The van der Waals surface area contributed by atoms with Crippen LogP contribution in [0.2, 0.25) is 0 Å². The van der Waals surface area contributed by atoms with Crippen LogP contribution in [0.3, 0.4) is 0 Å². The van der Waals surface area contributed by atoms with E-state index in [0.717, 1.165) is 28.3 Å². The third kappa shape index (κ3) is 1.34. The van der Waals surface area contributed by atoms with Crippen molar-refractivity contribution >= 4 is 11.2 Å². The van der Waals surface area contributed by atoms with Crippen LogP contribution in [0, 0.1) is 0 Å². The van der Waals surface area contributed by atoms with Gasteiger partial charge in [-0.1, -0.05) is 18.2 Å². The van der Waals surface area contributed by atoms with Gasteiger partial charge in [0.2, 0.25) is 0 Å².